The molecule has 0 aliphatic carbocycles. The Labute approximate surface area is 128 Å². The zero-order valence-corrected chi connectivity index (χ0v) is 12.6. The summed E-state index contributed by atoms with van der Waals surface area (Å²) in [5.41, 5.74) is 4.48. The van der Waals surface area contributed by atoms with Crippen LogP contribution in [0.4, 0.5) is 0 Å². The highest BCUT2D eigenvalue weighted by Crippen LogP contribution is 2.23. The number of rotatable bonds is 3. The van der Waals surface area contributed by atoms with Gasteiger partial charge in [-0.1, -0.05) is 35.9 Å². The highest BCUT2D eigenvalue weighted by Gasteiger charge is 2.12. The number of hydrogen-bond acceptors (Lipinski definition) is 1. The van der Waals surface area contributed by atoms with E-state index in [1.165, 1.54) is 5.56 Å². The van der Waals surface area contributed by atoms with Crippen molar-refractivity contribution in [3.63, 3.8) is 0 Å². The van der Waals surface area contributed by atoms with Crippen LogP contribution in [-0.4, -0.2) is 9.55 Å². The number of imidazole rings is 1. The maximum absolute atomic E-state index is 6.06. The van der Waals surface area contributed by atoms with Gasteiger partial charge in [-0.15, -0.1) is 11.6 Å². The van der Waals surface area contributed by atoms with E-state index in [2.05, 4.69) is 28.6 Å². The monoisotopic (exact) mass is 304 g/mol. The molecule has 0 bridgehead atoms. The molecule has 3 rings (SSSR count). The third-order valence-electron chi connectivity index (χ3n) is 3.40. The Bertz CT molecular complexity index is 762. The molecule has 20 heavy (non-hydrogen) atoms. The molecular weight excluding hydrogens is 291 g/mol. The lowest BCUT2D eigenvalue weighted by Crippen LogP contribution is -2.04. The van der Waals surface area contributed by atoms with Crippen LogP contribution in [0.5, 0.6) is 0 Å². The molecule has 2 aromatic carbocycles. The Hall–Kier alpha value is -1.51. The average molecular weight is 305 g/mol. The van der Waals surface area contributed by atoms with Gasteiger partial charge in [-0.3, -0.25) is 0 Å². The van der Waals surface area contributed by atoms with Crippen LogP contribution in [0.2, 0.25) is 5.02 Å². The molecule has 0 unspecified atom stereocenters. The highest BCUT2D eigenvalue weighted by molar-refractivity contribution is 6.30. The molecule has 3 aromatic rings. The molecule has 0 aliphatic heterocycles. The van der Waals surface area contributed by atoms with E-state index in [0.717, 1.165) is 34.0 Å². The van der Waals surface area contributed by atoms with Crippen LogP contribution < -0.4 is 0 Å². The van der Waals surface area contributed by atoms with Gasteiger partial charge in [0.25, 0.3) is 0 Å². The predicted molar refractivity (Wildman–Crippen MR) is 84.6 cm³/mol. The predicted octanol–water partition coefficient (Wildman–Crippen LogP) is 4.79. The van der Waals surface area contributed by atoms with E-state index in [-0.39, 0.29) is 0 Å². The molecule has 0 radical (unpaired) electrons. The smallest absolute Gasteiger partial charge is 0.125 e. The summed E-state index contributed by atoms with van der Waals surface area (Å²) in [7, 11) is 0. The quantitative estimate of drug-likeness (QED) is 0.636. The van der Waals surface area contributed by atoms with Gasteiger partial charge in [0.05, 0.1) is 16.9 Å². The molecule has 4 heteroatoms. The number of halogens is 2. The number of aromatic nitrogens is 2. The molecule has 1 aromatic heterocycles. The van der Waals surface area contributed by atoms with E-state index in [9.17, 15) is 0 Å². The minimum atomic E-state index is 0.398. The lowest BCUT2D eigenvalue weighted by Gasteiger charge is -2.09. The van der Waals surface area contributed by atoms with Crippen LogP contribution in [0, 0.1) is 6.92 Å². The normalized spacial score (nSPS) is 11.2. The standard InChI is InChI=1S/C16H14Cl2N2/c1-11-4-2-7-14-16(11)20(15(9-17)19-14)10-12-5-3-6-13(18)8-12/h2-8H,9-10H2,1H3. The largest absolute Gasteiger partial charge is 0.322 e. The molecule has 0 saturated heterocycles. The van der Waals surface area contributed by atoms with Crippen molar-refractivity contribution < 1.29 is 0 Å². The number of hydrogen-bond donors (Lipinski definition) is 0. The SMILES string of the molecule is Cc1cccc2nc(CCl)n(Cc3cccc(Cl)c3)c12. The van der Waals surface area contributed by atoms with Crippen LogP contribution >= 0.6 is 23.2 Å². The third-order valence-corrected chi connectivity index (χ3v) is 3.87. The van der Waals surface area contributed by atoms with Crippen molar-refractivity contribution in [1.29, 1.82) is 0 Å². The van der Waals surface area contributed by atoms with Crippen LogP contribution in [-0.2, 0) is 12.4 Å². The number of benzene rings is 2. The molecule has 102 valence electrons. The maximum atomic E-state index is 6.06. The van der Waals surface area contributed by atoms with Gasteiger partial charge in [0, 0.05) is 11.6 Å². The molecule has 0 atom stereocenters. The Morgan fingerprint density at radius 2 is 1.95 bits per heavy atom. The fourth-order valence-corrected chi connectivity index (χ4v) is 2.92. The van der Waals surface area contributed by atoms with Crippen LogP contribution in [0.25, 0.3) is 11.0 Å². The molecule has 0 amide bonds. The zero-order chi connectivity index (χ0) is 14.1. The summed E-state index contributed by atoms with van der Waals surface area (Å²) in [6.07, 6.45) is 0. The number of aryl methyl sites for hydroxylation is 1. The first-order valence-electron chi connectivity index (χ1n) is 6.44. The molecule has 0 fully saturated rings. The van der Waals surface area contributed by atoms with Crippen LogP contribution in [0.3, 0.4) is 0 Å². The summed E-state index contributed by atoms with van der Waals surface area (Å²) in [4.78, 5) is 4.61. The topological polar surface area (TPSA) is 17.8 Å². The minimum absolute atomic E-state index is 0.398. The zero-order valence-electron chi connectivity index (χ0n) is 11.1. The molecule has 2 nitrogen and oxygen atoms in total. The van der Waals surface area contributed by atoms with E-state index >= 15 is 0 Å². The molecule has 0 N–H and O–H groups in total. The summed E-state index contributed by atoms with van der Waals surface area (Å²) in [5.74, 6) is 1.28. The second-order valence-corrected chi connectivity index (χ2v) is 5.52. The average Bonchev–Trinajstić information content (AvgIpc) is 2.78. The van der Waals surface area contributed by atoms with Gasteiger partial charge < -0.3 is 4.57 Å². The van der Waals surface area contributed by atoms with E-state index in [0.29, 0.717) is 5.88 Å². The maximum Gasteiger partial charge on any atom is 0.125 e. The molecular formula is C16H14Cl2N2. The second-order valence-electron chi connectivity index (χ2n) is 4.82. The number of fused-ring (bicyclic) bond motifs is 1. The summed E-state index contributed by atoms with van der Waals surface area (Å²) in [5, 5.41) is 0.746. The number of nitrogens with zero attached hydrogens (tertiary/aromatic N) is 2. The molecule has 0 saturated carbocycles. The van der Waals surface area contributed by atoms with Gasteiger partial charge in [0.2, 0.25) is 0 Å². The lowest BCUT2D eigenvalue weighted by atomic mass is 10.2. The third kappa shape index (κ3) is 2.41. The summed E-state index contributed by atoms with van der Waals surface area (Å²) in [6, 6.07) is 14.0. The van der Waals surface area contributed by atoms with Gasteiger partial charge in [-0.25, -0.2) is 4.98 Å². The van der Waals surface area contributed by atoms with Gasteiger partial charge in [-0.05, 0) is 36.2 Å². The summed E-state index contributed by atoms with van der Waals surface area (Å²) < 4.78 is 2.17. The van der Waals surface area contributed by atoms with Gasteiger partial charge in [0.1, 0.15) is 5.82 Å². The van der Waals surface area contributed by atoms with Crippen molar-refractivity contribution >= 4 is 34.2 Å². The van der Waals surface area contributed by atoms with Crippen molar-refractivity contribution in [3.8, 4) is 0 Å². The minimum Gasteiger partial charge on any atom is -0.322 e. The lowest BCUT2D eigenvalue weighted by molar-refractivity contribution is 0.777. The highest BCUT2D eigenvalue weighted by atomic mass is 35.5. The van der Waals surface area contributed by atoms with Gasteiger partial charge in [0.15, 0.2) is 0 Å². The molecule has 1 heterocycles. The van der Waals surface area contributed by atoms with Crippen molar-refractivity contribution in [2.24, 2.45) is 0 Å². The van der Waals surface area contributed by atoms with Crippen LogP contribution in [0.1, 0.15) is 17.0 Å². The van der Waals surface area contributed by atoms with E-state index < -0.39 is 0 Å². The first-order chi connectivity index (χ1) is 9.69. The first kappa shape index (κ1) is 13.5. The Morgan fingerprint density at radius 1 is 1.15 bits per heavy atom. The van der Waals surface area contributed by atoms with Crippen molar-refractivity contribution in [2.75, 3.05) is 0 Å². The van der Waals surface area contributed by atoms with Crippen LogP contribution in [0.15, 0.2) is 42.5 Å². The van der Waals surface area contributed by atoms with Gasteiger partial charge in [-0.2, -0.15) is 0 Å². The fraction of sp³-hybridized carbons (Fsp3) is 0.188. The second kappa shape index (κ2) is 5.47. The fourth-order valence-electron chi connectivity index (χ4n) is 2.50. The van der Waals surface area contributed by atoms with Crippen molar-refractivity contribution in [1.82, 2.24) is 9.55 Å². The number of para-hydroxylation sites is 1. The van der Waals surface area contributed by atoms with E-state index in [1.54, 1.807) is 0 Å². The Balaban J connectivity index is 2.14. The van der Waals surface area contributed by atoms with Gasteiger partial charge >= 0.3 is 0 Å². The summed E-state index contributed by atoms with van der Waals surface area (Å²) >= 11 is 12.1. The summed E-state index contributed by atoms with van der Waals surface area (Å²) in [6.45, 7) is 2.82. The Morgan fingerprint density at radius 3 is 2.70 bits per heavy atom. The molecule has 0 aliphatic rings. The Kier molecular flexibility index (Phi) is 3.68. The van der Waals surface area contributed by atoms with E-state index in [1.807, 2.05) is 30.3 Å². The van der Waals surface area contributed by atoms with Crippen molar-refractivity contribution in [3.05, 3.63) is 64.4 Å². The van der Waals surface area contributed by atoms with Crippen molar-refractivity contribution in [2.45, 2.75) is 19.3 Å². The molecule has 0 spiro atoms. The first-order valence-corrected chi connectivity index (χ1v) is 7.35. The number of alkyl halides is 1. The van der Waals surface area contributed by atoms with E-state index in [4.69, 9.17) is 23.2 Å².